The van der Waals surface area contributed by atoms with Crippen LogP contribution in [0.5, 0.6) is 0 Å². The van der Waals surface area contributed by atoms with Crippen molar-refractivity contribution < 1.29 is 0 Å². The summed E-state index contributed by atoms with van der Waals surface area (Å²) in [6.07, 6.45) is 3.51. The van der Waals surface area contributed by atoms with E-state index in [4.69, 9.17) is 10.5 Å². The molecule has 0 N–H and O–H groups in total. The molecule has 0 amide bonds. The Morgan fingerprint density at radius 1 is 1.17 bits per heavy atom. The molecule has 3 nitrogen and oxygen atoms in total. The number of allylic oxidation sites excluding steroid dienone is 1. The van der Waals surface area contributed by atoms with Crippen molar-refractivity contribution in [2.75, 3.05) is 0 Å². The minimum atomic E-state index is 0.111. The Hall–Kier alpha value is -2.78. The molecule has 1 heterocycles. The van der Waals surface area contributed by atoms with Gasteiger partial charge >= 0.3 is 0 Å². The van der Waals surface area contributed by atoms with E-state index in [9.17, 15) is 0 Å². The number of benzene rings is 1. The van der Waals surface area contributed by atoms with Crippen LogP contribution in [0.25, 0.3) is 11.8 Å². The van der Waals surface area contributed by atoms with Gasteiger partial charge in [0.05, 0.1) is 0 Å². The quantitative estimate of drug-likeness (QED) is 0.748. The number of hydrogen-bond donors (Lipinski definition) is 0. The number of rotatable bonds is 2. The first-order valence-corrected chi connectivity index (χ1v) is 5.51. The normalized spacial score (nSPS) is 9.28. The summed E-state index contributed by atoms with van der Waals surface area (Å²) in [6.45, 7) is 1.99. The Morgan fingerprint density at radius 3 is 2.44 bits per heavy atom. The molecule has 0 aliphatic rings. The van der Waals surface area contributed by atoms with Crippen LogP contribution in [0, 0.1) is 29.6 Å². The average Bonchev–Trinajstić information content (AvgIpc) is 2.78. The number of nitrogens with zero attached hydrogens (tertiary/aromatic N) is 3. The van der Waals surface area contributed by atoms with Crippen molar-refractivity contribution in [1.82, 2.24) is 4.57 Å². The Bertz CT molecular complexity index is 648. The second kappa shape index (κ2) is 5.03. The van der Waals surface area contributed by atoms with Crippen LogP contribution in [0.2, 0.25) is 0 Å². The lowest BCUT2D eigenvalue weighted by Gasteiger charge is -2.04. The number of aryl methyl sites for hydroxylation is 1. The van der Waals surface area contributed by atoms with Gasteiger partial charge in [0.2, 0.25) is 0 Å². The standard InChI is InChI=1S/C15H11N3/c1-12-7-13(8-14(9-16)10-17)11-18(12)15-5-3-2-4-6-15/h2-8,11H,1H3. The maximum absolute atomic E-state index is 8.73. The Balaban J connectivity index is 2.44. The van der Waals surface area contributed by atoms with Gasteiger partial charge in [0.15, 0.2) is 0 Å². The van der Waals surface area contributed by atoms with Gasteiger partial charge in [0, 0.05) is 17.6 Å². The van der Waals surface area contributed by atoms with Gasteiger partial charge in [-0.15, -0.1) is 0 Å². The first kappa shape index (κ1) is 11.7. The predicted octanol–water partition coefficient (Wildman–Crippen LogP) is 3.22. The SMILES string of the molecule is Cc1cc(C=C(C#N)C#N)cn1-c1ccccc1. The Morgan fingerprint density at radius 2 is 1.83 bits per heavy atom. The number of hydrogen-bond acceptors (Lipinski definition) is 2. The number of nitriles is 2. The zero-order valence-corrected chi connectivity index (χ0v) is 9.96. The predicted molar refractivity (Wildman–Crippen MR) is 69.7 cm³/mol. The topological polar surface area (TPSA) is 52.5 Å². The molecule has 0 radical (unpaired) electrons. The fourth-order valence-electron chi connectivity index (χ4n) is 1.80. The van der Waals surface area contributed by atoms with E-state index in [-0.39, 0.29) is 5.57 Å². The van der Waals surface area contributed by atoms with E-state index < -0.39 is 0 Å². The molecule has 0 bridgehead atoms. The van der Waals surface area contributed by atoms with Gasteiger partial charge in [0.25, 0.3) is 0 Å². The fraction of sp³-hybridized carbons (Fsp3) is 0.0667. The fourth-order valence-corrected chi connectivity index (χ4v) is 1.80. The summed E-state index contributed by atoms with van der Waals surface area (Å²) in [4.78, 5) is 0. The second-order valence-corrected chi connectivity index (χ2v) is 3.90. The largest absolute Gasteiger partial charge is 0.321 e. The Labute approximate surface area is 106 Å². The molecule has 0 fully saturated rings. The van der Waals surface area contributed by atoms with Crippen molar-refractivity contribution in [3.8, 4) is 17.8 Å². The lowest BCUT2D eigenvalue weighted by molar-refractivity contribution is 1.02. The summed E-state index contributed by atoms with van der Waals surface area (Å²) in [5.41, 5.74) is 3.09. The highest BCUT2D eigenvalue weighted by Crippen LogP contribution is 2.17. The van der Waals surface area contributed by atoms with E-state index in [0.29, 0.717) is 0 Å². The van der Waals surface area contributed by atoms with Gasteiger partial charge in [-0.25, -0.2) is 0 Å². The summed E-state index contributed by atoms with van der Waals surface area (Å²) < 4.78 is 2.03. The molecule has 0 aliphatic heterocycles. The van der Waals surface area contributed by atoms with Crippen molar-refractivity contribution in [2.45, 2.75) is 6.92 Å². The molecule has 86 valence electrons. The smallest absolute Gasteiger partial charge is 0.130 e. The Kier molecular flexibility index (Phi) is 3.27. The minimum Gasteiger partial charge on any atom is -0.321 e. The van der Waals surface area contributed by atoms with Crippen LogP contribution >= 0.6 is 0 Å². The molecule has 1 aromatic heterocycles. The highest BCUT2D eigenvalue weighted by atomic mass is 15.0. The molecule has 0 aliphatic carbocycles. The van der Waals surface area contributed by atoms with E-state index in [1.165, 1.54) is 0 Å². The van der Waals surface area contributed by atoms with Crippen molar-refractivity contribution in [3.63, 3.8) is 0 Å². The molecule has 0 spiro atoms. The van der Waals surface area contributed by atoms with Crippen LogP contribution < -0.4 is 0 Å². The van der Waals surface area contributed by atoms with E-state index in [0.717, 1.165) is 16.9 Å². The average molecular weight is 233 g/mol. The molecule has 0 atom stereocenters. The summed E-state index contributed by atoms with van der Waals surface area (Å²) in [5, 5.41) is 17.5. The van der Waals surface area contributed by atoms with Crippen LogP contribution in [-0.4, -0.2) is 4.57 Å². The molecule has 2 aromatic rings. The van der Waals surface area contributed by atoms with Crippen LogP contribution in [0.1, 0.15) is 11.3 Å². The van der Waals surface area contributed by atoms with Gasteiger partial charge < -0.3 is 4.57 Å². The van der Waals surface area contributed by atoms with Crippen molar-refractivity contribution in [1.29, 1.82) is 10.5 Å². The van der Waals surface area contributed by atoms with E-state index in [2.05, 4.69) is 0 Å². The van der Waals surface area contributed by atoms with Crippen LogP contribution in [0.4, 0.5) is 0 Å². The lowest BCUT2D eigenvalue weighted by atomic mass is 10.2. The van der Waals surface area contributed by atoms with E-state index in [1.807, 2.05) is 66.2 Å². The third kappa shape index (κ3) is 2.31. The molecule has 0 saturated carbocycles. The molecule has 18 heavy (non-hydrogen) atoms. The molecule has 2 rings (SSSR count). The maximum Gasteiger partial charge on any atom is 0.130 e. The molecular formula is C15H11N3. The third-order valence-corrected chi connectivity index (χ3v) is 2.62. The van der Waals surface area contributed by atoms with Crippen LogP contribution in [-0.2, 0) is 0 Å². The van der Waals surface area contributed by atoms with Crippen LogP contribution in [0.15, 0.2) is 48.2 Å². The van der Waals surface area contributed by atoms with Gasteiger partial charge in [0.1, 0.15) is 17.7 Å². The van der Waals surface area contributed by atoms with Crippen molar-refractivity contribution in [2.24, 2.45) is 0 Å². The molecular weight excluding hydrogens is 222 g/mol. The van der Waals surface area contributed by atoms with E-state index in [1.54, 1.807) is 6.08 Å². The van der Waals surface area contributed by atoms with Gasteiger partial charge in [-0.1, -0.05) is 18.2 Å². The maximum atomic E-state index is 8.73. The summed E-state index contributed by atoms with van der Waals surface area (Å²) in [7, 11) is 0. The monoisotopic (exact) mass is 233 g/mol. The zero-order chi connectivity index (χ0) is 13.0. The molecule has 0 unspecified atom stereocenters. The number of para-hydroxylation sites is 1. The lowest BCUT2D eigenvalue weighted by Crippen LogP contribution is -1.92. The van der Waals surface area contributed by atoms with E-state index >= 15 is 0 Å². The summed E-state index contributed by atoms with van der Waals surface area (Å²) in [6, 6.07) is 15.6. The second-order valence-electron chi connectivity index (χ2n) is 3.90. The molecule has 3 heteroatoms. The van der Waals surface area contributed by atoms with Gasteiger partial charge in [-0.2, -0.15) is 10.5 Å². The van der Waals surface area contributed by atoms with Crippen molar-refractivity contribution >= 4 is 6.08 Å². The van der Waals surface area contributed by atoms with Gasteiger partial charge in [-0.3, -0.25) is 0 Å². The van der Waals surface area contributed by atoms with Gasteiger partial charge in [-0.05, 0) is 36.8 Å². The highest BCUT2D eigenvalue weighted by Gasteiger charge is 2.03. The molecule has 0 saturated heterocycles. The van der Waals surface area contributed by atoms with Crippen LogP contribution in [0.3, 0.4) is 0 Å². The third-order valence-electron chi connectivity index (χ3n) is 2.62. The minimum absolute atomic E-state index is 0.111. The zero-order valence-electron chi connectivity index (χ0n) is 9.96. The summed E-state index contributed by atoms with van der Waals surface area (Å²) >= 11 is 0. The number of aromatic nitrogens is 1. The van der Waals surface area contributed by atoms with Crippen molar-refractivity contribution in [3.05, 3.63) is 59.4 Å². The summed E-state index contributed by atoms with van der Waals surface area (Å²) in [5.74, 6) is 0. The molecule has 1 aromatic carbocycles. The first-order chi connectivity index (χ1) is 8.74. The highest BCUT2D eigenvalue weighted by molar-refractivity contribution is 5.62. The first-order valence-electron chi connectivity index (χ1n) is 5.51.